The molecule has 0 aromatic heterocycles. The summed E-state index contributed by atoms with van der Waals surface area (Å²) < 4.78 is 5.42. The van der Waals surface area contributed by atoms with E-state index < -0.39 is 6.04 Å². The van der Waals surface area contributed by atoms with Gasteiger partial charge in [0.1, 0.15) is 0 Å². The van der Waals surface area contributed by atoms with Crippen LogP contribution in [0.15, 0.2) is 0 Å². The number of likely N-dealkylation sites (N-methyl/N-ethyl adjacent to an activating group) is 1. The fourth-order valence-electron chi connectivity index (χ4n) is 1.53. The Morgan fingerprint density at radius 3 is 2.92 bits per heavy atom. The van der Waals surface area contributed by atoms with Crippen molar-refractivity contribution in [3.05, 3.63) is 0 Å². The Hall–Kier alpha value is -0.610. The molecular formula is C9H18N2O2. The molecule has 0 radical (unpaired) electrons. The van der Waals surface area contributed by atoms with Gasteiger partial charge in [0.15, 0.2) is 0 Å². The van der Waals surface area contributed by atoms with Gasteiger partial charge in [-0.2, -0.15) is 0 Å². The van der Waals surface area contributed by atoms with E-state index in [4.69, 9.17) is 10.5 Å². The van der Waals surface area contributed by atoms with Crippen molar-refractivity contribution >= 4 is 5.91 Å². The number of hydrogen-bond acceptors (Lipinski definition) is 3. The summed E-state index contributed by atoms with van der Waals surface area (Å²) in [6, 6.07) is -0.411. The first kappa shape index (κ1) is 10.5. The summed E-state index contributed by atoms with van der Waals surface area (Å²) >= 11 is 0. The fraction of sp³-hybridized carbons (Fsp3) is 0.889. The lowest BCUT2D eigenvalue weighted by Crippen LogP contribution is -2.42. The van der Waals surface area contributed by atoms with E-state index in [1.54, 1.807) is 18.9 Å². The molecule has 0 spiro atoms. The van der Waals surface area contributed by atoms with Crippen molar-refractivity contribution in [3.8, 4) is 0 Å². The molecule has 2 N–H and O–H groups in total. The maximum absolute atomic E-state index is 11.4. The number of nitrogens with two attached hydrogens (primary N) is 1. The summed E-state index contributed by atoms with van der Waals surface area (Å²) in [5.41, 5.74) is 5.48. The lowest BCUT2D eigenvalue weighted by Gasteiger charge is -2.22. The van der Waals surface area contributed by atoms with Gasteiger partial charge in [0.25, 0.3) is 0 Å². The molecule has 2 atom stereocenters. The van der Waals surface area contributed by atoms with Crippen molar-refractivity contribution in [1.29, 1.82) is 0 Å². The minimum absolute atomic E-state index is 0.0181. The molecule has 13 heavy (non-hydrogen) atoms. The molecule has 0 bridgehead atoms. The summed E-state index contributed by atoms with van der Waals surface area (Å²) in [6.07, 6.45) is 2.37. The fourth-order valence-corrected chi connectivity index (χ4v) is 1.53. The molecule has 1 saturated heterocycles. The molecule has 1 aliphatic rings. The molecule has 0 aliphatic carbocycles. The van der Waals surface area contributed by atoms with Crippen LogP contribution in [-0.2, 0) is 9.53 Å². The maximum Gasteiger partial charge on any atom is 0.239 e. The van der Waals surface area contributed by atoms with Crippen molar-refractivity contribution in [2.75, 3.05) is 20.2 Å². The van der Waals surface area contributed by atoms with Crippen LogP contribution in [0.5, 0.6) is 0 Å². The van der Waals surface area contributed by atoms with E-state index in [-0.39, 0.29) is 12.0 Å². The third-order valence-electron chi connectivity index (χ3n) is 2.27. The Balaban J connectivity index is 2.31. The molecule has 4 heteroatoms. The second-order valence-corrected chi connectivity index (χ2v) is 3.64. The second kappa shape index (κ2) is 4.58. The van der Waals surface area contributed by atoms with Gasteiger partial charge in [0.2, 0.25) is 5.91 Å². The largest absolute Gasteiger partial charge is 0.376 e. The smallest absolute Gasteiger partial charge is 0.239 e. The first-order valence-electron chi connectivity index (χ1n) is 4.73. The molecule has 0 aromatic rings. The van der Waals surface area contributed by atoms with Crippen LogP contribution in [0.25, 0.3) is 0 Å². The average molecular weight is 186 g/mol. The molecule has 1 fully saturated rings. The number of carbonyl (C=O) groups excluding carboxylic acids is 1. The van der Waals surface area contributed by atoms with E-state index in [2.05, 4.69) is 0 Å². The Kier molecular flexibility index (Phi) is 3.69. The number of ether oxygens (including phenoxy) is 1. The van der Waals surface area contributed by atoms with Gasteiger partial charge in [-0.05, 0) is 19.8 Å². The van der Waals surface area contributed by atoms with E-state index >= 15 is 0 Å². The Morgan fingerprint density at radius 1 is 1.77 bits per heavy atom. The highest BCUT2D eigenvalue weighted by Crippen LogP contribution is 2.12. The molecule has 0 aromatic carbocycles. The van der Waals surface area contributed by atoms with Gasteiger partial charge >= 0.3 is 0 Å². The Bertz CT molecular complexity index is 176. The predicted octanol–water partition coefficient (Wildman–Crippen LogP) is -0.0290. The molecule has 1 unspecified atom stereocenters. The lowest BCUT2D eigenvalue weighted by molar-refractivity contribution is -0.132. The predicted molar refractivity (Wildman–Crippen MR) is 50.3 cm³/mol. The zero-order valence-corrected chi connectivity index (χ0v) is 8.32. The standard InChI is InChI=1S/C9H18N2O2/c1-7(10)9(12)11(2)6-8-4-3-5-13-8/h7-8H,3-6,10H2,1-2H3/t7-,8?/m1/s1. The van der Waals surface area contributed by atoms with Crippen molar-refractivity contribution < 1.29 is 9.53 Å². The van der Waals surface area contributed by atoms with Gasteiger partial charge in [-0.3, -0.25) is 4.79 Å². The summed E-state index contributed by atoms with van der Waals surface area (Å²) in [7, 11) is 1.77. The van der Waals surface area contributed by atoms with E-state index in [1.165, 1.54) is 0 Å². The molecule has 1 rings (SSSR count). The quantitative estimate of drug-likeness (QED) is 0.673. The minimum atomic E-state index is -0.411. The van der Waals surface area contributed by atoms with Crippen LogP contribution in [0.1, 0.15) is 19.8 Å². The molecule has 76 valence electrons. The maximum atomic E-state index is 11.4. The molecule has 4 nitrogen and oxygen atoms in total. The molecule has 1 amide bonds. The van der Waals surface area contributed by atoms with Crippen LogP contribution in [0.3, 0.4) is 0 Å². The summed E-state index contributed by atoms with van der Waals surface area (Å²) in [4.78, 5) is 13.0. The van der Waals surface area contributed by atoms with Crippen molar-refractivity contribution in [1.82, 2.24) is 4.90 Å². The van der Waals surface area contributed by atoms with Gasteiger partial charge in [-0.15, -0.1) is 0 Å². The monoisotopic (exact) mass is 186 g/mol. The van der Waals surface area contributed by atoms with Gasteiger partial charge in [0, 0.05) is 20.2 Å². The third kappa shape index (κ3) is 2.97. The first-order chi connectivity index (χ1) is 6.11. The van der Waals surface area contributed by atoms with Crippen LogP contribution < -0.4 is 5.73 Å². The third-order valence-corrected chi connectivity index (χ3v) is 2.27. The molecule has 1 aliphatic heterocycles. The van der Waals surface area contributed by atoms with Gasteiger partial charge in [0.05, 0.1) is 12.1 Å². The number of rotatable bonds is 3. The highest BCUT2D eigenvalue weighted by Gasteiger charge is 2.21. The number of carbonyl (C=O) groups is 1. The number of nitrogens with zero attached hydrogens (tertiary/aromatic N) is 1. The minimum Gasteiger partial charge on any atom is -0.376 e. The lowest BCUT2D eigenvalue weighted by atomic mass is 10.2. The van der Waals surface area contributed by atoms with Gasteiger partial charge in [-0.1, -0.05) is 0 Å². The van der Waals surface area contributed by atoms with Gasteiger partial charge < -0.3 is 15.4 Å². The normalized spacial score (nSPS) is 24.4. The molecular weight excluding hydrogens is 168 g/mol. The summed E-state index contributed by atoms with van der Waals surface area (Å²) in [5.74, 6) is -0.0181. The zero-order chi connectivity index (χ0) is 9.84. The van der Waals surface area contributed by atoms with Crippen LogP contribution in [-0.4, -0.2) is 43.2 Å². The van der Waals surface area contributed by atoms with Crippen LogP contribution in [0.4, 0.5) is 0 Å². The number of hydrogen-bond donors (Lipinski definition) is 1. The van der Waals surface area contributed by atoms with E-state index in [1.807, 2.05) is 0 Å². The zero-order valence-electron chi connectivity index (χ0n) is 8.32. The van der Waals surface area contributed by atoms with Crippen LogP contribution >= 0.6 is 0 Å². The summed E-state index contributed by atoms with van der Waals surface area (Å²) in [5, 5.41) is 0. The van der Waals surface area contributed by atoms with E-state index in [9.17, 15) is 4.79 Å². The number of amides is 1. The Morgan fingerprint density at radius 2 is 2.46 bits per heavy atom. The SMILES string of the molecule is C[C@@H](N)C(=O)N(C)CC1CCCO1. The van der Waals surface area contributed by atoms with Crippen molar-refractivity contribution in [3.63, 3.8) is 0 Å². The highest BCUT2D eigenvalue weighted by atomic mass is 16.5. The summed E-state index contributed by atoms with van der Waals surface area (Å²) in [6.45, 7) is 3.19. The first-order valence-corrected chi connectivity index (χ1v) is 4.73. The highest BCUT2D eigenvalue weighted by molar-refractivity contribution is 5.80. The van der Waals surface area contributed by atoms with Crippen LogP contribution in [0, 0.1) is 0 Å². The topological polar surface area (TPSA) is 55.6 Å². The van der Waals surface area contributed by atoms with Crippen molar-refractivity contribution in [2.45, 2.75) is 31.9 Å². The second-order valence-electron chi connectivity index (χ2n) is 3.64. The van der Waals surface area contributed by atoms with Gasteiger partial charge in [-0.25, -0.2) is 0 Å². The molecule has 1 heterocycles. The van der Waals surface area contributed by atoms with E-state index in [0.717, 1.165) is 19.4 Å². The van der Waals surface area contributed by atoms with E-state index in [0.29, 0.717) is 6.54 Å². The Labute approximate surface area is 79.0 Å². The molecule has 0 saturated carbocycles. The average Bonchev–Trinajstić information content (AvgIpc) is 2.55. The van der Waals surface area contributed by atoms with Crippen LogP contribution in [0.2, 0.25) is 0 Å². The van der Waals surface area contributed by atoms with Crippen molar-refractivity contribution in [2.24, 2.45) is 5.73 Å².